The lowest BCUT2D eigenvalue weighted by atomic mass is 9.87. The molecule has 0 amide bonds. The van der Waals surface area contributed by atoms with Crippen molar-refractivity contribution in [3.63, 3.8) is 0 Å². The Morgan fingerprint density at radius 2 is 2.10 bits per heavy atom. The Balaban J connectivity index is 2.69. The second kappa shape index (κ2) is 7.04. The molecule has 2 N–H and O–H groups in total. The molecule has 0 aliphatic rings. The molecule has 1 atom stereocenters. The summed E-state index contributed by atoms with van der Waals surface area (Å²) in [7, 11) is -3.51. The van der Waals surface area contributed by atoms with Gasteiger partial charge in [-0.3, -0.25) is 4.79 Å². The van der Waals surface area contributed by atoms with E-state index in [1.807, 2.05) is 25.3 Å². The SMILES string of the molecule is CC(C)(C)C(Cn1ccnc1)NS(=O)(=O)CCCC(=O)O. The highest BCUT2D eigenvalue weighted by Crippen LogP contribution is 2.21. The van der Waals surface area contributed by atoms with Gasteiger partial charge in [0.05, 0.1) is 12.1 Å². The highest BCUT2D eigenvalue weighted by atomic mass is 32.2. The first-order chi connectivity index (χ1) is 9.60. The standard InChI is InChI=1S/C13H23N3O4S/c1-13(2,3)11(9-16-7-6-14-10-16)15-21(19,20)8-4-5-12(17)18/h6-7,10-11,15H,4-5,8-9H2,1-3H3,(H,17,18). The minimum Gasteiger partial charge on any atom is -0.481 e. The van der Waals surface area contributed by atoms with Crippen LogP contribution in [0.3, 0.4) is 0 Å². The number of imidazole rings is 1. The van der Waals surface area contributed by atoms with Crippen LogP contribution in [-0.2, 0) is 21.4 Å². The Hall–Kier alpha value is -1.41. The van der Waals surface area contributed by atoms with Crippen LogP contribution in [-0.4, -0.2) is 40.8 Å². The Kier molecular flexibility index (Phi) is 5.91. The highest BCUT2D eigenvalue weighted by Gasteiger charge is 2.29. The number of sulfonamides is 1. The van der Waals surface area contributed by atoms with Crippen LogP contribution in [0.5, 0.6) is 0 Å². The maximum atomic E-state index is 12.1. The number of nitrogens with zero attached hydrogens (tertiary/aromatic N) is 2. The van der Waals surface area contributed by atoms with Gasteiger partial charge in [-0.25, -0.2) is 18.1 Å². The number of hydrogen-bond acceptors (Lipinski definition) is 4. The molecule has 0 saturated heterocycles. The molecule has 0 aliphatic heterocycles. The molecule has 120 valence electrons. The monoisotopic (exact) mass is 317 g/mol. The summed E-state index contributed by atoms with van der Waals surface area (Å²) in [6.45, 7) is 6.33. The maximum absolute atomic E-state index is 12.1. The van der Waals surface area contributed by atoms with Gasteiger partial charge in [-0.2, -0.15) is 0 Å². The number of aromatic nitrogens is 2. The molecule has 1 aromatic heterocycles. The molecule has 0 aromatic carbocycles. The van der Waals surface area contributed by atoms with E-state index in [2.05, 4.69) is 9.71 Å². The van der Waals surface area contributed by atoms with Crippen LogP contribution in [0, 0.1) is 5.41 Å². The van der Waals surface area contributed by atoms with E-state index in [9.17, 15) is 13.2 Å². The van der Waals surface area contributed by atoms with Gasteiger partial charge in [-0.1, -0.05) is 20.8 Å². The third-order valence-corrected chi connectivity index (χ3v) is 4.59. The van der Waals surface area contributed by atoms with E-state index in [4.69, 9.17) is 5.11 Å². The van der Waals surface area contributed by atoms with E-state index < -0.39 is 16.0 Å². The molecule has 1 aromatic rings. The van der Waals surface area contributed by atoms with E-state index in [0.29, 0.717) is 6.54 Å². The number of hydrogen-bond donors (Lipinski definition) is 2. The number of carboxylic acids is 1. The second-order valence-electron chi connectivity index (χ2n) is 6.11. The predicted molar refractivity (Wildman–Crippen MR) is 79.3 cm³/mol. The Bertz CT molecular complexity index is 546. The summed E-state index contributed by atoms with van der Waals surface area (Å²) in [4.78, 5) is 14.4. The molecule has 0 saturated carbocycles. The second-order valence-corrected chi connectivity index (χ2v) is 7.99. The average molecular weight is 317 g/mol. The van der Waals surface area contributed by atoms with Crippen LogP contribution in [0.1, 0.15) is 33.6 Å². The number of carbonyl (C=O) groups is 1. The lowest BCUT2D eigenvalue weighted by Crippen LogP contribution is -2.47. The van der Waals surface area contributed by atoms with Gasteiger partial charge in [0.2, 0.25) is 10.0 Å². The largest absolute Gasteiger partial charge is 0.481 e. The highest BCUT2D eigenvalue weighted by molar-refractivity contribution is 7.89. The van der Waals surface area contributed by atoms with Gasteiger partial charge in [0, 0.05) is 31.4 Å². The maximum Gasteiger partial charge on any atom is 0.303 e. The van der Waals surface area contributed by atoms with Crippen LogP contribution in [0.2, 0.25) is 0 Å². The zero-order chi connectivity index (χ0) is 16.1. The molecule has 8 heteroatoms. The summed E-state index contributed by atoms with van der Waals surface area (Å²) in [5.74, 6) is -1.17. The third-order valence-electron chi connectivity index (χ3n) is 3.12. The first-order valence-corrected chi connectivity index (χ1v) is 8.43. The van der Waals surface area contributed by atoms with Crippen LogP contribution in [0.4, 0.5) is 0 Å². The molecule has 0 bridgehead atoms. The van der Waals surface area contributed by atoms with Gasteiger partial charge in [0.25, 0.3) is 0 Å². The van der Waals surface area contributed by atoms with E-state index in [1.165, 1.54) is 0 Å². The van der Waals surface area contributed by atoms with Gasteiger partial charge in [-0.15, -0.1) is 0 Å². The molecule has 7 nitrogen and oxygen atoms in total. The molecule has 1 heterocycles. The van der Waals surface area contributed by atoms with Crippen LogP contribution in [0.15, 0.2) is 18.7 Å². The van der Waals surface area contributed by atoms with E-state index in [0.717, 1.165) is 0 Å². The fraction of sp³-hybridized carbons (Fsp3) is 0.692. The Morgan fingerprint density at radius 1 is 1.43 bits per heavy atom. The van der Waals surface area contributed by atoms with Crippen molar-refractivity contribution in [2.45, 2.75) is 46.2 Å². The Morgan fingerprint density at radius 3 is 2.57 bits per heavy atom. The molecule has 0 aliphatic carbocycles. The lowest BCUT2D eigenvalue weighted by Gasteiger charge is -2.31. The van der Waals surface area contributed by atoms with Crippen molar-refractivity contribution in [2.24, 2.45) is 5.41 Å². The quantitative estimate of drug-likeness (QED) is 0.747. The number of nitrogens with one attached hydrogen (secondary N) is 1. The van der Waals surface area contributed by atoms with E-state index in [-0.39, 0.29) is 30.1 Å². The molecular formula is C13H23N3O4S. The molecule has 21 heavy (non-hydrogen) atoms. The first kappa shape index (κ1) is 17.6. The van der Waals surface area contributed by atoms with Crippen molar-refractivity contribution < 1.29 is 18.3 Å². The van der Waals surface area contributed by atoms with E-state index >= 15 is 0 Å². The fourth-order valence-corrected chi connectivity index (χ4v) is 3.29. The topological polar surface area (TPSA) is 101 Å². The molecular weight excluding hydrogens is 294 g/mol. The van der Waals surface area contributed by atoms with Crippen LogP contribution < -0.4 is 4.72 Å². The van der Waals surface area contributed by atoms with Crippen molar-refractivity contribution >= 4 is 16.0 Å². The normalized spacial score (nSPS) is 14.0. The predicted octanol–water partition coefficient (Wildman–Crippen LogP) is 1.08. The van der Waals surface area contributed by atoms with Gasteiger partial charge in [0.15, 0.2) is 0 Å². The smallest absolute Gasteiger partial charge is 0.303 e. The number of rotatable bonds is 8. The zero-order valence-corrected chi connectivity index (χ0v) is 13.4. The molecule has 1 rings (SSSR count). The number of carboxylic acid groups (broad SMARTS) is 1. The summed E-state index contributed by atoms with van der Waals surface area (Å²) in [5.41, 5.74) is -0.274. The molecule has 1 unspecified atom stereocenters. The molecule has 0 spiro atoms. The van der Waals surface area contributed by atoms with Crippen LogP contribution in [0.25, 0.3) is 0 Å². The fourth-order valence-electron chi connectivity index (χ4n) is 1.78. The van der Waals surface area contributed by atoms with Gasteiger partial charge in [-0.05, 0) is 11.8 Å². The van der Waals surface area contributed by atoms with Gasteiger partial charge in [0.1, 0.15) is 0 Å². The Labute approximate surface area is 125 Å². The lowest BCUT2D eigenvalue weighted by molar-refractivity contribution is -0.137. The first-order valence-electron chi connectivity index (χ1n) is 6.78. The summed E-state index contributed by atoms with van der Waals surface area (Å²) in [6.07, 6.45) is 5.01. The van der Waals surface area contributed by atoms with Crippen molar-refractivity contribution in [3.8, 4) is 0 Å². The van der Waals surface area contributed by atoms with Crippen molar-refractivity contribution in [3.05, 3.63) is 18.7 Å². The third kappa shape index (κ3) is 6.72. The number of aliphatic carboxylic acids is 1. The van der Waals surface area contributed by atoms with Gasteiger partial charge < -0.3 is 9.67 Å². The van der Waals surface area contributed by atoms with Crippen molar-refractivity contribution in [2.75, 3.05) is 5.75 Å². The summed E-state index contributed by atoms with van der Waals surface area (Å²) in [5, 5.41) is 8.57. The van der Waals surface area contributed by atoms with Crippen LogP contribution >= 0.6 is 0 Å². The minimum absolute atomic E-state index is 0.104. The molecule has 0 fully saturated rings. The summed E-state index contributed by atoms with van der Waals surface area (Å²) < 4.78 is 28.6. The van der Waals surface area contributed by atoms with Crippen molar-refractivity contribution in [1.29, 1.82) is 0 Å². The van der Waals surface area contributed by atoms with Gasteiger partial charge >= 0.3 is 5.97 Å². The summed E-state index contributed by atoms with van der Waals surface area (Å²) in [6, 6.07) is -0.304. The summed E-state index contributed by atoms with van der Waals surface area (Å²) >= 11 is 0. The minimum atomic E-state index is -3.51. The van der Waals surface area contributed by atoms with Crippen molar-refractivity contribution in [1.82, 2.24) is 14.3 Å². The van der Waals surface area contributed by atoms with E-state index in [1.54, 1.807) is 18.7 Å². The zero-order valence-electron chi connectivity index (χ0n) is 12.6. The average Bonchev–Trinajstić information content (AvgIpc) is 2.78. The molecule has 0 radical (unpaired) electrons.